The van der Waals surface area contributed by atoms with Crippen LogP contribution in [0, 0.1) is 0 Å². The van der Waals surface area contributed by atoms with Crippen LogP contribution in [0.25, 0.3) is 0 Å². The molecule has 0 unspecified atom stereocenters. The summed E-state index contributed by atoms with van der Waals surface area (Å²) in [5.41, 5.74) is 0. The smallest absolute Gasteiger partial charge is 1.00 e. The van der Waals surface area contributed by atoms with Gasteiger partial charge in [-0.25, -0.2) is 0 Å². The van der Waals surface area contributed by atoms with Crippen LogP contribution in [0.1, 0.15) is 0 Å². The molecule has 0 atom stereocenters. The molecule has 0 amide bonds. The fourth-order valence-electron chi connectivity index (χ4n) is 0. The number of hydrogen-bond acceptors (Lipinski definition) is 1. The van der Waals surface area contributed by atoms with Crippen LogP contribution in [0.5, 0.6) is 0 Å². The van der Waals surface area contributed by atoms with Crippen molar-refractivity contribution in [1.82, 2.24) is 0 Å². The van der Waals surface area contributed by atoms with Gasteiger partial charge in [0, 0.05) is 0 Å². The van der Waals surface area contributed by atoms with Crippen LogP contribution in [0.3, 0.4) is 0 Å². The van der Waals surface area contributed by atoms with E-state index in [2.05, 4.69) is 27.6 Å². The van der Waals surface area contributed by atoms with Crippen LogP contribution >= 0.6 is 23.7 Å². The summed E-state index contributed by atoms with van der Waals surface area (Å²) in [7, 11) is 0. The first-order valence-electron chi connectivity index (χ1n) is 0.309. The number of rotatable bonds is 0. The van der Waals surface area contributed by atoms with Crippen molar-refractivity contribution in [2.45, 2.75) is 0 Å². The first kappa shape index (κ1) is 47.4. The van der Waals surface area contributed by atoms with Gasteiger partial charge < -0.3 is 49.6 Å². The molecule has 0 saturated heterocycles. The van der Waals surface area contributed by atoms with Gasteiger partial charge in [-0.2, -0.15) is 3.84 Å². The molecule has 8 heteroatoms. The summed E-state index contributed by atoms with van der Waals surface area (Å²) in [6, 6.07) is 0. The van der Waals surface area contributed by atoms with E-state index in [1.165, 1.54) is 0 Å². The molecule has 0 N–H and O–H groups in total. The zero-order valence-corrected chi connectivity index (χ0v) is 9.27. The molecule has 0 rings (SSSR count). The molecule has 0 heterocycles. The SMILES string of the molecule is ClOCl.[Cl-].[Cl-].[Cl-].[Cl-].[Ti+4]. The average Bonchev–Trinajstić information content (AvgIpc) is 0.918. The zero-order valence-electron chi connectivity index (χ0n) is 3.18. The van der Waals surface area contributed by atoms with E-state index in [1.807, 2.05) is 0 Å². The molecule has 0 aromatic heterocycles. The second-order valence-corrected chi connectivity index (χ2v) is 0.525. The molecule has 8 heavy (non-hydrogen) atoms. The minimum Gasteiger partial charge on any atom is -1.00 e. The molecule has 0 radical (unpaired) electrons. The van der Waals surface area contributed by atoms with Crippen molar-refractivity contribution in [3.05, 3.63) is 0 Å². The van der Waals surface area contributed by atoms with Gasteiger partial charge in [0.25, 0.3) is 0 Å². The van der Waals surface area contributed by atoms with E-state index in [9.17, 15) is 0 Å². The van der Waals surface area contributed by atoms with E-state index in [1.54, 1.807) is 0 Å². The fraction of sp³-hybridized carbons (Fsp3) is 0. The first-order chi connectivity index (χ1) is 1.41. The third kappa shape index (κ3) is 79.4. The van der Waals surface area contributed by atoms with E-state index < -0.39 is 0 Å². The summed E-state index contributed by atoms with van der Waals surface area (Å²) in [6.07, 6.45) is 0. The maximum absolute atomic E-state index is 4.26. The van der Waals surface area contributed by atoms with Crippen molar-refractivity contribution in [2.75, 3.05) is 0 Å². The molecular formula is Cl6OTi. The van der Waals surface area contributed by atoms with E-state index >= 15 is 0 Å². The minimum absolute atomic E-state index is 0. The molecular weight excluding hydrogens is 277 g/mol. The maximum Gasteiger partial charge on any atom is 4.00 e. The maximum atomic E-state index is 4.26. The minimum atomic E-state index is 0. The van der Waals surface area contributed by atoms with Crippen LogP contribution in [0.2, 0.25) is 0 Å². The Morgan fingerprint density at radius 1 is 0.750 bits per heavy atom. The molecule has 0 spiro atoms. The predicted molar refractivity (Wildman–Crippen MR) is 12.8 cm³/mol. The Bertz CT molecular complexity index is 8.49. The summed E-state index contributed by atoms with van der Waals surface area (Å²) in [6.45, 7) is 0. The van der Waals surface area contributed by atoms with Crippen molar-refractivity contribution in [2.24, 2.45) is 0 Å². The van der Waals surface area contributed by atoms with E-state index in [4.69, 9.17) is 0 Å². The normalized spacial score (nSPS) is 2.25. The van der Waals surface area contributed by atoms with Crippen LogP contribution in [0.15, 0.2) is 0 Å². The average molecular weight is 277 g/mol. The van der Waals surface area contributed by atoms with E-state index in [-0.39, 0.29) is 71.3 Å². The number of hydrogen-bond donors (Lipinski definition) is 0. The largest absolute Gasteiger partial charge is 4.00 e. The Balaban J connectivity index is -0.00000000200. The topological polar surface area (TPSA) is 9.23 Å². The second kappa shape index (κ2) is 57.2. The van der Waals surface area contributed by atoms with Gasteiger partial charge in [0.05, 0.1) is 23.7 Å². The molecule has 0 bridgehead atoms. The van der Waals surface area contributed by atoms with Crippen molar-refractivity contribution in [3.8, 4) is 0 Å². The number of halogens is 6. The van der Waals surface area contributed by atoms with Gasteiger partial charge in [0.2, 0.25) is 0 Å². The molecule has 0 aliphatic carbocycles. The van der Waals surface area contributed by atoms with Crippen molar-refractivity contribution in [1.29, 1.82) is 0 Å². The molecule has 0 aliphatic rings. The van der Waals surface area contributed by atoms with E-state index in [0.717, 1.165) is 0 Å². The molecule has 0 saturated carbocycles. The summed E-state index contributed by atoms with van der Waals surface area (Å²) in [5.74, 6) is 0. The predicted octanol–water partition coefficient (Wildman–Crippen LogP) is -10.7. The molecule has 0 aliphatic heterocycles. The standard InChI is InChI=1S/Cl2O.4ClH.Ti/c1-3-2;;;;;/h;4*1H;/q;;;;;+4/p-4. The Morgan fingerprint density at radius 3 is 0.750 bits per heavy atom. The van der Waals surface area contributed by atoms with Gasteiger partial charge in [-0.05, 0) is 0 Å². The van der Waals surface area contributed by atoms with Crippen molar-refractivity contribution >= 4 is 23.7 Å². The molecule has 0 aromatic rings. The van der Waals surface area contributed by atoms with Gasteiger partial charge in [-0.15, -0.1) is 0 Å². The second-order valence-electron chi connectivity index (χ2n) is 0.0583. The molecule has 0 aromatic carbocycles. The zero-order chi connectivity index (χ0) is 2.71. The summed E-state index contributed by atoms with van der Waals surface area (Å²) >= 11 is 8.53. The summed E-state index contributed by atoms with van der Waals surface area (Å²) < 4.78 is 3.19. The van der Waals surface area contributed by atoms with Gasteiger partial charge in [-0.3, -0.25) is 0 Å². The van der Waals surface area contributed by atoms with E-state index in [0.29, 0.717) is 0 Å². The van der Waals surface area contributed by atoms with Gasteiger partial charge in [0.15, 0.2) is 0 Å². The molecule has 1 nitrogen and oxygen atoms in total. The molecule has 0 fully saturated rings. The first-order valence-corrected chi connectivity index (χ1v) is 0.926. The van der Waals surface area contributed by atoms with Crippen molar-refractivity contribution < 1.29 is 75.2 Å². The van der Waals surface area contributed by atoms with Crippen LogP contribution < -0.4 is 49.6 Å². The fourth-order valence-corrected chi connectivity index (χ4v) is 0. The Labute approximate surface area is 98.1 Å². The van der Waals surface area contributed by atoms with Gasteiger partial charge in [0.1, 0.15) is 0 Å². The van der Waals surface area contributed by atoms with Crippen molar-refractivity contribution in [3.63, 3.8) is 0 Å². The third-order valence-corrected chi connectivity index (χ3v) is 0. The third-order valence-electron chi connectivity index (χ3n) is 0. The Kier molecular flexibility index (Phi) is 339. The van der Waals surface area contributed by atoms with Gasteiger partial charge >= 0.3 is 21.7 Å². The summed E-state index contributed by atoms with van der Waals surface area (Å²) in [5, 5.41) is 0. The van der Waals surface area contributed by atoms with Crippen LogP contribution in [0.4, 0.5) is 0 Å². The summed E-state index contributed by atoms with van der Waals surface area (Å²) in [4.78, 5) is 0. The quantitative estimate of drug-likeness (QED) is 0.399. The Morgan fingerprint density at radius 2 is 0.750 bits per heavy atom. The monoisotopic (exact) mass is 274 g/mol. The van der Waals surface area contributed by atoms with Crippen LogP contribution in [-0.4, -0.2) is 0 Å². The molecule has 52 valence electrons. The van der Waals surface area contributed by atoms with Gasteiger partial charge in [-0.1, -0.05) is 0 Å². The Hall–Kier alpha value is 2.41. The van der Waals surface area contributed by atoms with Crippen LogP contribution in [-0.2, 0) is 25.6 Å².